The van der Waals surface area contributed by atoms with Gasteiger partial charge in [-0.2, -0.15) is 0 Å². The van der Waals surface area contributed by atoms with Gasteiger partial charge in [-0.3, -0.25) is 9.97 Å². The topological polar surface area (TPSA) is 25.8 Å². The van der Waals surface area contributed by atoms with Crippen LogP contribution in [0.4, 0.5) is 0 Å². The summed E-state index contributed by atoms with van der Waals surface area (Å²) in [7, 11) is 0. The van der Waals surface area contributed by atoms with Crippen molar-refractivity contribution in [1.29, 1.82) is 0 Å². The lowest BCUT2D eigenvalue weighted by molar-refractivity contribution is 0.556. The second kappa shape index (κ2) is 12.5. The number of hydrogen-bond acceptors (Lipinski definition) is 3. The molecule has 0 aromatic carbocycles. The van der Waals surface area contributed by atoms with Crippen LogP contribution in [0.3, 0.4) is 0 Å². The van der Waals surface area contributed by atoms with E-state index in [4.69, 9.17) is 0 Å². The number of hydrogen-bond donors (Lipinski definition) is 0. The third-order valence-electron chi connectivity index (χ3n) is 5.51. The third kappa shape index (κ3) is 6.78. The minimum Gasteiger partial charge on any atom is -0.256 e. The lowest BCUT2D eigenvalue weighted by Crippen LogP contribution is -1.92. The molecule has 3 aromatic rings. The lowest BCUT2D eigenvalue weighted by Gasteiger charge is -2.08. The predicted octanol–water partition coefficient (Wildman–Crippen LogP) is 8.34. The Morgan fingerprint density at radius 1 is 0.690 bits per heavy atom. The molecule has 0 aliphatic carbocycles. The molecule has 0 N–H and O–H groups in total. The van der Waals surface area contributed by atoms with Gasteiger partial charge in [-0.15, -0.1) is 11.3 Å². The fourth-order valence-corrected chi connectivity index (χ4v) is 4.96. The van der Waals surface area contributed by atoms with Crippen LogP contribution in [0, 0.1) is 0 Å². The molecule has 0 aliphatic heterocycles. The lowest BCUT2D eigenvalue weighted by atomic mass is 9.99. The number of thiophene rings is 1. The first kappa shape index (κ1) is 21.7. The standard InChI is InChI=1S/C26H34N2S/c1-2-3-4-5-6-7-8-9-10-11-16-22-23(24-17-12-14-19-27-24)21-29-26(22)25-18-13-15-20-28-25/h12-15,17-21H,2-11,16H2,1H3. The maximum Gasteiger partial charge on any atom is 0.0804 e. The number of unbranched alkanes of at least 4 members (excludes halogenated alkanes) is 9. The number of rotatable bonds is 13. The van der Waals surface area contributed by atoms with E-state index in [0.717, 1.165) is 17.8 Å². The van der Waals surface area contributed by atoms with E-state index in [1.807, 2.05) is 24.5 Å². The van der Waals surface area contributed by atoms with Gasteiger partial charge in [-0.25, -0.2) is 0 Å². The SMILES string of the molecule is CCCCCCCCCCCCc1c(-c2ccccn2)csc1-c1ccccn1. The molecule has 3 heterocycles. The van der Waals surface area contributed by atoms with Crippen molar-refractivity contribution in [3.63, 3.8) is 0 Å². The largest absolute Gasteiger partial charge is 0.256 e. The van der Waals surface area contributed by atoms with E-state index in [1.54, 1.807) is 11.3 Å². The van der Waals surface area contributed by atoms with Gasteiger partial charge in [0.25, 0.3) is 0 Å². The highest BCUT2D eigenvalue weighted by atomic mass is 32.1. The average molecular weight is 407 g/mol. The molecule has 0 amide bonds. The van der Waals surface area contributed by atoms with Crippen molar-refractivity contribution < 1.29 is 0 Å². The van der Waals surface area contributed by atoms with Gasteiger partial charge in [0.2, 0.25) is 0 Å². The van der Waals surface area contributed by atoms with Crippen LogP contribution in [0.5, 0.6) is 0 Å². The fourth-order valence-electron chi connectivity index (χ4n) is 3.87. The Morgan fingerprint density at radius 2 is 1.28 bits per heavy atom. The summed E-state index contributed by atoms with van der Waals surface area (Å²) < 4.78 is 0. The first-order chi connectivity index (χ1) is 14.4. The smallest absolute Gasteiger partial charge is 0.0804 e. The molecular weight excluding hydrogens is 372 g/mol. The highest BCUT2D eigenvalue weighted by Gasteiger charge is 2.16. The monoisotopic (exact) mass is 406 g/mol. The van der Waals surface area contributed by atoms with Gasteiger partial charge < -0.3 is 0 Å². The fraction of sp³-hybridized carbons (Fsp3) is 0.462. The summed E-state index contributed by atoms with van der Waals surface area (Å²) in [6, 6.07) is 12.4. The van der Waals surface area contributed by atoms with Gasteiger partial charge in [-0.1, -0.05) is 76.8 Å². The molecule has 0 unspecified atom stereocenters. The van der Waals surface area contributed by atoms with E-state index < -0.39 is 0 Å². The summed E-state index contributed by atoms with van der Waals surface area (Å²) in [5, 5.41) is 2.26. The molecule has 0 atom stereocenters. The van der Waals surface area contributed by atoms with Gasteiger partial charge in [-0.05, 0) is 42.7 Å². The molecule has 0 saturated heterocycles. The normalized spacial score (nSPS) is 11.1. The number of aromatic nitrogens is 2. The molecule has 0 aliphatic rings. The molecule has 3 rings (SSSR count). The zero-order valence-electron chi connectivity index (χ0n) is 17.8. The number of nitrogens with zero attached hydrogens (tertiary/aromatic N) is 2. The quantitative estimate of drug-likeness (QED) is 0.267. The molecule has 0 spiro atoms. The molecule has 0 fully saturated rings. The third-order valence-corrected chi connectivity index (χ3v) is 6.56. The van der Waals surface area contributed by atoms with Gasteiger partial charge in [0.15, 0.2) is 0 Å². The van der Waals surface area contributed by atoms with Crippen LogP contribution < -0.4 is 0 Å². The molecule has 3 aromatic heterocycles. The second-order valence-corrected chi connectivity index (χ2v) is 8.70. The van der Waals surface area contributed by atoms with Crippen molar-refractivity contribution in [2.75, 3.05) is 0 Å². The molecule has 3 heteroatoms. The molecule has 0 radical (unpaired) electrons. The van der Waals surface area contributed by atoms with Crippen molar-refractivity contribution in [3.05, 3.63) is 59.7 Å². The van der Waals surface area contributed by atoms with E-state index >= 15 is 0 Å². The molecule has 0 bridgehead atoms. The predicted molar refractivity (Wildman–Crippen MR) is 126 cm³/mol. The zero-order chi connectivity index (χ0) is 20.2. The summed E-state index contributed by atoms with van der Waals surface area (Å²) in [6.45, 7) is 2.28. The van der Waals surface area contributed by atoms with Gasteiger partial charge in [0.1, 0.15) is 0 Å². The minimum atomic E-state index is 1.08. The van der Waals surface area contributed by atoms with Crippen molar-refractivity contribution in [2.24, 2.45) is 0 Å². The Labute approximate surface area is 180 Å². The molecule has 2 nitrogen and oxygen atoms in total. The highest BCUT2D eigenvalue weighted by Crippen LogP contribution is 2.37. The van der Waals surface area contributed by atoms with Gasteiger partial charge in [0.05, 0.1) is 16.3 Å². The number of pyridine rings is 2. The maximum atomic E-state index is 4.61. The summed E-state index contributed by atoms with van der Waals surface area (Å²) in [5.41, 5.74) is 4.87. The van der Waals surface area contributed by atoms with Crippen LogP contribution >= 0.6 is 11.3 Å². The van der Waals surface area contributed by atoms with Crippen LogP contribution in [0.25, 0.3) is 21.8 Å². The van der Waals surface area contributed by atoms with Gasteiger partial charge in [0, 0.05) is 23.3 Å². The van der Waals surface area contributed by atoms with Crippen molar-refractivity contribution in [2.45, 2.75) is 77.6 Å². The van der Waals surface area contributed by atoms with Crippen LogP contribution in [-0.2, 0) is 6.42 Å². The molecule has 29 heavy (non-hydrogen) atoms. The van der Waals surface area contributed by atoms with Crippen molar-refractivity contribution in [1.82, 2.24) is 9.97 Å². The average Bonchev–Trinajstić information content (AvgIpc) is 3.20. The highest BCUT2D eigenvalue weighted by molar-refractivity contribution is 7.14. The Morgan fingerprint density at radius 3 is 1.86 bits per heavy atom. The summed E-state index contributed by atoms with van der Waals surface area (Å²) >= 11 is 1.80. The van der Waals surface area contributed by atoms with E-state index in [0.29, 0.717) is 0 Å². The van der Waals surface area contributed by atoms with Crippen LogP contribution in [0.1, 0.15) is 76.7 Å². The van der Waals surface area contributed by atoms with Crippen LogP contribution in [-0.4, -0.2) is 9.97 Å². The van der Waals surface area contributed by atoms with E-state index in [-0.39, 0.29) is 0 Å². The second-order valence-electron chi connectivity index (χ2n) is 7.82. The molecule has 0 saturated carbocycles. The van der Waals surface area contributed by atoms with E-state index in [1.165, 1.54) is 80.2 Å². The Kier molecular flexibility index (Phi) is 9.38. The first-order valence-corrected chi connectivity index (χ1v) is 12.2. The molecular formula is C26H34N2S. The summed E-state index contributed by atoms with van der Waals surface area (Å²) in [5.74, 6) is 0. The van der Waals surface area contributed by atoms with Crippen molar-refractivity contribution >= 4 is 11.3 Å². The summed E-state index contributed by atoms with van der Waals surface area (Å²) in [4.78, 5) is 10.5. The Bertz CT molecular complexity index is 754. The Hall–Kier alpha value is -2.00. The van der Waals surface area contributed by atoms with Crippen LogP contribution in [0.2, 0.25) is 0 Å². The van der Waals surface area contributed by atoms with Crippen LogP contribution in [0.15, 0.2) is 54.2 Å². The maximum absolute atomic E-state index is 4.61. The first-order valence-electron chi connectivity index (χ1n) is 11.3. The molecule has 154 valence electrons. The Balaban J connectivity index is 1.55. The van der Waals surface area contributed by atoms with Crippen molar-refractivity contribution in [3.8, 4) is 21.8 Å². The minimum absolute atomic E-state index is 1.08. The van der Waals surface area contributed by atoms with E-state index in [2.05, 4.69) is 46.5 Å². The van der Waals surface area contributed by atoms with Gasteiger partial charge >= 0.3 is 0 Å². The van der Waals surface area contributed by atoms with E-state index in [9.17, 15) is 0 Å². The summed E-state index contributed by atoms with van der Waals surface area (Å²) in [6.07, 6.45) is 18.6. The zero-order valence-corrected chi connectivity index (χ0v) is 18.6.